The highest BCUT2D eigenvalue weighted by Crippen LogP contribution is 2.19. The summed E-state index contributed by atoms with van der Waals surface area (Å²) in [6.45, 7) is 1.89. The summed E-state index contributed by atoms with van der Waals surface area (Å²) in [5.41, 5.74) is 2.27. The van der Waals surface area contributed by atoms with Crippen LogP contribution in [0, 0.1) is 6.92 Å². The second kappa shape index (κ2) is 6.84. The van der Waals surface area contributed by atoms with E-state index in [-0.39, 0.29) is 12.3 Å². The van der Waals surface area contributed by atoms with E-state index in [4.69, 9.17) is 16.0 Å². The fourth-order valence-corrected chi connectivity index (χ4v) is 2.47. The summed E-state index contributed by atoms with van der Waals surface area (Å²) in [4.78, 5) is 12.0. The van der Waals surface area contributed by atoms with Crippen molar-refractivity contribution < 1.29 is 9.21 Å². The van der Waals surface area contributed by atoms with E-state index >= 15 is 0 Å². The average molecular weight is 346 g/mol. The van der Waals surface area contributed by atoms with Gasteiger partial charge in [0.2, 0.25) is 11.8 Å². The molecule has 1 amide bonds. The first kappa shape index (κ1) is 16.2. The number of hydrogen-bond donors (Lipinski definition) is 1. The van der Waals surface area contributed by atoms with Gasteiger partial charge in [0.25, 0.3) is 5.89 Å². The fourth-order valence-electron chi connectivity index (χ4n) is 2.28. The Bertz CT molecular complexity index is 871. The zero-order valence-electron chi connectivity index (χ0n) is 13.3. The van der Waals surface area contributed by atoms with Gasteiger partial charge in [-0.1, -0.05) is 17.7 Å². The number of benzene rings is 1. The second-order valence-electron chi connectivity index (χ2n) is 5.35. The van der Waals surface area contributed by atoms with Gasteiger partial charge in [0.15, 0.2) is 0 Å². The maximum absolute atomic E-state index is 12.0. The molecule has 7 nitrogen and oxygen atoms in total. The maximum Gasteiger partial charge on any atom is 0.265 e. The quantitative estimate of drug-likeness (QED) is 0.768. The van der Waals surface area contributed by atoms with E-state index < -0.39 is 0 Å². The van der Waals surface area contributed by atoms with E-state index in [0.29, 0.717) is 28.9 Å². The normalized spacial score (nSPS) is 10.8. The molecular formula is C16H16ClN5O2. The highest BCUT2D eigenvalue weighted by atomic mass is 35.5. The second-order valence-corrected chi connectivity index (χ2v) is 5.79. The summed E-state index contributed by atoms with van der Waals surface area (Å²) in [5, 5.41) is 15.6. The number of nitrogens with one attached hydrogen (secondary N) is 1. The van der Waals surface area contributed by atoms with Crippen LogP contribution in [0.4, 0.5) is 5.69 Å². The van der Waals surface area contributed by atoms with Crippen molar-refractivity contribution in [3.63, 3.8) is 0 Å². The fraction of sp³-hybridized carbons (Fsp3) is 0.250. The molecule has 0 radical (unpaired) electrons. The number of anilines is 1. The Kier molecular flexibility index (Phi) is 4.61. The molecule has 0 bridgehead atoms. The van der Waals surface area contributed by atoms with Crippen LogP contribution in [0.1, 0.15) is 18.0 Å². The van der Waals surface area contributed by atoms with Crippen molar-refractivity contribution in [3.8, 4) is 11.6 Å². The van der Waals surface area contributed by atoms with Crippen LogP contribution in [-0.2, 0) is 18.3 Å². The Balaban J connectivity index is 1.59. The molecule has 0 aliphatic rings. The first-order valence-electron chi connectivity index (χ1n) is 7.40. The molecule has 0 saturated heterocycles. The number of amides is 1. The predicted octanol–water partition coefficient (Wildman–Crippen LogP) is 3.00. The van der Waals surface area contributed by atoms with Crippen molar-refractivity contribution in [2.24, 2.45) is 7.05 Å². The van der Waals surface area contributed by atoms with Crippen LogP contribution in [0.25, 0.3) is 11.6 Å². The summed E-state index contributed by atoms with van der Waals surface area (Å²) in [5.74, 6) is 0.654. The smallest absolute Gasteiger partial charge is 0.265 e. The largest absolute Gasteiger partial charge is 0.419 e. The predicted molar refractivity (Wildman–Crippen MR) is 89.6 cm³/mol. The van der Waals surface area contributed by atoms with Gasteiger partial charge in [0, 0.05) is 30.6 Å². The van der Waals surface area contributed by atoms with Crippen molar-refractivity contribution in [1.82, 2.24) is 20.0 Å². The molecule has 8 heteroatoms. The van der Waals surface area contributed by atoms with Gasteiger partial charge >= 0.3 is 0 Å². The lowest BCUT2D eigenvalue weighted by Crippen LogP contribution is -2.12. The summed E-state index contributed by atoms with van der Waals surface area (Å²) in [6.07, 6.45) is 0.592. The zero-order valence-corrected chi connectivity index (χ0v) is 14.0. The Labute approximate surface area is 143 Å². The lowest BCUT2D eigenvalue weighted by atomic mass is 10.2. The molecule has 1 aromatic carbocycles. The third kappa shape index (κ3) is 3.80. The molecule has 0 aliphatic heterocycles. The summed E-state index contributed by atoms with van der Waals surface area (Å²) in [7, 11) is 1.81. The molecular weight excluding hydrogens is 330 g/mol. The van der Waals surface area contributed by atoms with Gasteiger partial charge in [0.05, 0.1) is 5.69 Å². The van der Waals surface area contributed by atoms with E-state index in [1.165, 1.54) is 0 Å². The minimum Gasteiger partial charge on any atom is -0.419 e. The van der Waals surface area contributed by atoms with Gasteiger partial charge < -0.3 is 9.73 Å². The van der Waals surface area contributed by atoms with Crippen molar-refractivity contribution in [2.75, 3.05) is 5.32 Å². The van der Waals surface area contributed by atoms with Crippen molar-refractivity contribution >= 4 is 23.2 Å². The number of hydrogen-bond acceptors (Lipinski definition) is 5. The number of aryl methyl sites for hydroxylation is 3. The molecule has 0 unspecified atom stereocenters. The lowest BCUT2D eigenvalue weighted by molar-refractivity contribution is -0.116. The van der Waals surface area contributed by atoms with Gasteiger partial charge in [-0.05, 0) is 31.2 Å². The van der Waals surface area contributed by atoms with E-state index in [0.717, 1.165) is 11.4 Å². The Hall–Kier alpha value is -2.67. The molecule has 124 valence electrons. The number of halogens is 1. The highest BCUT2D eigenvalue weighted by Gasteiger charge is 2.14. The van der Waals surface area contributed by atoms with Crippen LogP contribution in [-0.4, -0.2) is 25.9 Å². The summed E-state index contributed by atoms with van der Waals surface area (Å²) < 4.78 is 7.28. The molecule has 0 aliphatic carbocycles. The molecule has 3 rings (SSSR count). The van der Waals surface area contributed by atoms with Crippen LogP contribution in [0.15, 0.2) is 34.7 Å². The van der Waals surface area contributed by atoms with Gasteiger partial charge in [-0.2, -0.15) is 5.10 Å². The number of carbonyl (C=O) groups excluding carboxylic acids is 1. The summed E-state index contributed by atoms with van der Waals surface area (Å²) in [6, 6.07) is 8.85. The van der Waals surface area contributed by atoms with Crippen molar-refractivity contribution in [1.29, 1.82) is 0 Å². The van der Waals surface area contributed by atoms with Crippen LogP contribution in [0.5, 0.6) is 0 Å². The minimum absolute atomic E-state index is 0.145. The molecule has 24 heavy (non-hydrogen) atoms. The molecule has 2 aromatic heterocycles. The third-order valence-corrected chi connectivity index (χ3v) is 3.60. The van der Waals surface area contributed by atoms with Gasteiger partial charge in [-0.15, -0.1) is 10.2 Å². The van der Waals surface area contributed by atoms with Crippen LogP contribution in [0.2, 0.25) is 5.02 Å². The monoisotopic (exact) mass is 345 g/mol. The Morgan fingerprint density at radius 3 is 2.88 bits per heavy atom. The maximum atomic E-state index is 12.0. The molecule has 0 saturated carbocycles. The number of carbonyl (C=O) groups is 1. The highest BCUT2D eigenvalue weighted by molar-refractivity contribution is 6.30. The van der Waals surface area contributed by atoms with Crippen molar-refractivity contribution in [2.45, 2.75) is 19.8 Å². The van der Waals surface area contributed by atoms with E-state index in [9.17, 15) is 4.79 Å². The molecule has 1 N–H and O–H groups in total. The SMILES string of the molecule is Cc1cc(-c2nnc(CCC(=O)Nc3cccc(Cl)c3)o2)n(C)n1. The zero-order chi connectivity index (χ0) is 17.1. The van der Waals surface area contributed by atoms with Gasteiger partial charge in [0.1, 0.15) is 5.69 Å². The van der Waals surface area contributed by atoms with Gasteiger partial charge in [-0.3, -0.25) is 9.48 Å². The topological polar surface area (TPSA) is 85.8 Å². The van der Waals surface area contributed by atoms with E-state index in [1.54, 1.807) is 28.9 Å². The average Bonchev–Trinajstić information content (AvgIpc) is 3.11. The van der Waals surface area contributed by atoms with Gasteiger partial charge in [-0.25, -0.2) is 0 Å². The summed E-state index contributed by atoms with van der Waals surface area (Å²) >= 11 is 5.89. The van der Waals surface area contributed by atoms with Crippen LogP contribution in [0.3, 0.4) is 0 Å². The number of nitrogens with zero attached hydrogens (tertiary/aromatic N) is 4. The molecule has 0 atom stereocenters. The Morgan fingerprint density at radius 1 is 1.33 bits per heavy atom. The first-order chi connectivity index (χ1) is 11.5. The standard InChI is InChI=1S/C16H16ClN5O2/c1-10-8-13(22(2)21-10)16-20-19-15(24-16)7-6-14(23)18-12-5-3-4-11(17)9-12/h3-5,8-9H,6-7H2,1-2H3,(H,18,23). The van der Waals surface area contributed by atoms with Crippen molar-refractivity contribution in [3.05, 3.63) is 46.9 Å². The molecule has 0 spiro atoms. The van der Waals surface area contributed by atoms with E-state index in [2.05, 4.69) is 20.6 Å². The third-order valence-electron chi connectivity index (χ3n) is 3.36. The molecule has 0 fully saturated rings. The Morgan fingerprint density at radius 2 is 2.17 bits per heavy atom. The first-order valence-corrected chi connectivity index (χ1v) is 7.78. The number of aromatic nitrogens is 4. The minimum atomic E-state index is -0.145. The molecule has 2 heterocycles. The van der Waals surface area contributed by atoms with Crippen LogP contribution >= 0.6 is 11.6 Å². The van der Waals surface area contributed by atoms with E-state index in [1.807, 2.05) is 20.0 Å². The number of rotatable bonds is 5. The lowest BCUT2D eigenvalue weighted by Gasteiger charge is -2.04. The molecule has 3 aromatic rings. The van der Waals surface area contributed by atoms with Crippen LogP contribution < -0.4 is 5.32 Å².